The SMILES string of the molecule is CC1CC(C(=O)NC(C)Cc2ccsc2)(C(N)=S)C1. The summed E-state index contributed by atoms with van der Waals surface area (Å²) in [6.07, 6.45) is 2.40. The van der Waals surface area contributed by atoms with Crippen molar-refractivity contribution in [2.45, 2.75) is 39.2 Å². The molecule has 3 N–H and O–H groups in total. The predicted octanol–water partition coefficient (Wildman–Crippen LogP) is 2.50. The standard InChI is InChI=1S/C14H20N2OS2/c1-9-6-14(7-9,12(15)18)13(17)16-10(2)5-11-3-4-19-8-11/h3-4,8-10H,5-7H2,1-2H3,(H2,15,18)(H,16,17). The lowest BCUT2D eigenvalue weighted by Gasteiger charge is -2.44. The van der Waals surface area contributed by atoms with Crippen molar-refractivity contribution in [3.8, 4) is 0 Å². The molecule has 1 heterocycles. The Labute approximate surface area is 123 Å². The molecule has 0 spiro atoms. The smallest absolute Gasteiger partial charge is 0.233 e. The summed E-state index contributed by atoms with van der Waals surface area (Å²) >= 11 is 6.77. The highest BCUT2D eigenvalue weighted by Crippen LogP contribution is 2.46. The molecule has 1 aromatic rings. The second-order valence-corrected chi connectivity index (χ2v) is 6.89. The van der Waals surface area contributed by atoms with Crippen molar-refractivity contribution < 1.29 is 4.79 Å². The molecule has 1 fully saturated rings. The van der Waals surface area contributed by atoms with Crippen molar-refractivity contribution >= 4 is 34.5 Å². The highest BCUT2D eigenvalue weighted by Gasteiger charge is 2.50. The molecule has 0 bridgehead atoms. The van der Waals surface area contributed by atoms with Gasteiger partial charge < -0.3 is 11.1 Å². The maximum atomic E-state index is 12.4. The number of nitrogens with two attached hydrogens (primary N) is 1. The fourth-order valence-electron chi connectivity index (χ4n) is 2.80. The number of amides is 1. The average molecular weight is 296 g/mol. The van der Waals surface area contributed by atoms with E-state index in [1.54, 1.807) is 11.3 Å². The first-order chi connectivity index (χ1) is 8.94. The van der Waals surface area contributed by atoms with Crippen LogP contribution < -0.4 is 11.1 Å². The highest BCUT2D eigenvalue weighted by atomic mass is 32.1. The van der Waals surface area contributed by atoms with Gasteiger partial charge in [-0.2, -0.15) is 11.3 Å². The van der Waals surface area contributed by atoms with Crippen LogP contribution in [0.2, 0.25) is 0 Å². The third-order valence-electron chi connectivity index (χ3n) is 3.80. The van der Waals surface area contributed by atoms with Gasteiger partial charge in [-0.05, 0) is 54.5 Å². The molecule has 1 aliphatic carbocycles. The minimum atomic E-state index is -0.600. The first-order valence-electron chi connectivity index (χ1n) is 6.56. The fraction of sp³-hybridized carbons (Fsp3) is 0.571. The monoisotopic (exact) mass is 296 g/mol. The van der Waals surface area contributed by atoms with E-state index < -0.39 is 5.41 Å². The van der Waals surface area contributed by atoms with Crippen LogP contribution in [0.1, 0.15) is 32.3 Å². The lowest BCUT2D eigenvalue weighted by atomic mass is 9.62. The average Bonchev–Trinajstić information content (AvgIpc) is 2.76. The molecule has 0 aromatic carbocycles. The van der Waals surface area contributed by atoms with E-state index >= 15 is 0 Å². The van der Waals surface area contributed by atoms with E-state index in [0.717, 1.165) is 19.3 Å². The van der Waals surface area contributed by atoms with E-state index in [4.69, 9.17) is 18.0 Å². The van der Waals surface area contributed by atoms with Gasteiger partial charge in [-0.15, -0.1) is 0 Å². The Hall–Kier alpha value is -0.940. The molecular formula is C14H20N2OS2. The van der Waals surface area contributed by atoms with Crippen molar-refractivity contribution in [3.05, 3.63) is 22.4 Å². The third-order valence-corrected chi connectivity index (χ3v) is 4.92. The van der Waals surface area contributed by atoms with Gasteiger partial charge in [0.05, 0.1) is 10.4 Å². The minimum absolute atomic E-state index is 0.000768. The number of thiocarbonyl (C=S) groups is 1. The van der Waals surface area contributed by atoms with Gasteiger partial charge in [0, 0.05) is 6.04 Å². The summed E-state index contributed by atoms with van der Waals surface area (Å²) < 4.78 is 0. The summed E-state index contributed by atoms with van der Waals surface area (Å²) in [6.45, 7) is 4.14. The first kappa shape index (κ1) is 14.5. The van der Waals surface area contributed by atoms with Gasteiger partial charge in [-0.1, -0.05) is 19.1 Å². The third kappa shape index (κ3) is 2.98. The van der Waals surface area contributed by atoms with Crippen molar-refractivity contribution in [1.82, 2.24) is 5.32 Å². The molecule has 3 nitrogen and oxygen atoms in total. The van der Waals surface area contributed by atoms with E-state index in [1.165, 1.54) is 5.56 Å². The summed E-state index contributed by atoms with van der Waals surface area (Å²) in [5.41, 5.74) is 6.43. The van der Waals surface area contributed by atoms with Crippen LogP contribution >= 0.6 is 23.6 Å². The van der Waals surface area contributed by atoms with Crippen LogP contribution in [0.5, 0.6) is 0 Å². The van der Waals surface area contributed by atoms with E-state index in [2.05, 4.69) is 23.7 Å². The van der Waals surface area contributed by atoms with Crippen molar-refractivity contribution in [2.75, 3.05) is 0 Å². The number of thiophene rings is 1. The fourth-order valence-corrected chi connectivity index (χ4v) is 3.74. The van der Waals surface area contributed by atoms with Crippen molar-refractivity contribution in [2.24, 2.45) is 17.1 Å². The Bertz CT molecular complexity index is 464. The van der Waals surface area contributed by atoms with Crippen LogP contribution in [0, 0.1) is 11.3 Å². The molecule has 5 heteroatoms. The number of rotatable bonds is 5. The number of carbonyl (C=O) groups excluding carboxylic acids is 1. The molecule has 0 radical (unpaired) electrons. The van der Waals surface area contributed by atoms with E-state index in [-0.39, 0.29) is 11.9 Å². The molecule has 0 aliphatic heterocycles. The molecule has 0 saturated heterocycles. The van der Waals surface area contributed by atoms with Crippen LogP contribution in [0.15, 0.2) is 16.8 Å². The molecule has 1 aliphatic rings. The normalized spacial score (nSPS) is 27.4. The topological polar surface area (TPSA) is 55.1 Å². The van der Waals surface area contributed by atoms with E-state index in [0.29, 0.717) is 10.9 Å². The molecule has 104 valence electrons. The van der Waals surface area contributed by atoms with E-state index in [1.807, 2.05) is 12.3 Å². The van der Waals surface area contributed by atoms with Gasteiger partial charge in [0.25, 0.3) is 0 Å². The first-order valence-corrected chi connectivity index (χ1v) is 7.91. The minimum Gasteiger partial charge on any atom is -0.392 e. The Morgan fingerprint density at radius 3 is 2.84 bits per heavy atom. The van der Waals surface area contributed by atoms with Gasteiger partial charge >= 0.3 is 0 Å². The van der Waals surface area contributed by atoms with Gasteiger partial charge in [0.1, 0.15) is 0 Å². The zero-order chi connectivity index (χ0) is 14.0. The number of hydrogen-bond acceptors (Lipinski definition) is 3. The van der Waals surface area contributed by atoms with Gasteiger partial charge in [0.2, 0.25) is 5.91 Å². The van der Waals surface area contributed by atoms with Gasteiger partial charge in [-0.25, -0.2) is 0 Å². The summed E-state index contributed by atoms with van der Waals surface area (Å²) in [5, 5.41) is 7.22. The summed E-state index contributed by atoms with van der Waals surface area (Å²) in [6, 6.07) is 2.19. The largest absolute Gasteiger partial charge is 0.392 e. The van der Waals surface area contributed by atoms with Crippen molar-refractivity contribution in [3.63, 3.8) is 0 Å². The zero-order valence-electron chi connectivity index (χ0n) is 11.3. The van der Waals surface area contributed by atoms with Crippen LogP contribution in [-0.2, 0) is 11.2 Å². The molecule has 1 atom stereocenters. The number of nitrogens with one attached hydrogen (secondary N) is 1. The Kier molecular flexibility index (Phi) is 4.26. The van der Waals surface area contributed by atoms with Gasteiger partial charge in [0.15, 0.2) is 0 Å². The quantitative estimate of drug-likeness (QED) is 0.821. The van der Waals surface area contributed by atoms with Crippen LogP contribution in [0.4, 0.5) is 0 Å². The molecule has 1 saturated carbocycles. The maximum Gasteiger partial charge on any atom is 0.233 e. The summed E-state index contributed by atoms with van der Waals surface area (Å²) in [4.78, 5) is 12.7. The Morgan fingerprint density at radius 1 is 1.68 bits per heavy atom. The number of hydrogen-bond donors (Lipinski definition) is 2. The van der Waals surface area contributed by atoms with E-state index in [9.17, 15) is 4.79 Å². The molecule has 1 unspecified atom stereocenters. The second kappa shape index (κ2) is 5.59. The molecule has 19 heavy (non-hydrogen) atoms. The highest BCUT2D eigenvalue weighted by molar-refractivity contribution is 7.80. The molecule has 2 rings (SSSR count). The molecule has 1 amide bonds. The second-order valence-electron chi connectivity index (χ2n) is 5.67. The predicted molar refractivity (Wildman–Crippen MR) is 83.2 cm³/mol. The maximum absolute atomic E-state index is 12.4. The van der Waals surface area contributed by atoms with Gasteiger partial charge in [-0.3, -0.25) is 4.79 Å². The van der Waals surface area contributed by atoms with Crippen LogP contribution in [0.25, 0.3) is 0 Å². The van der Waals surface area contributed by atoms with Crippen molar-refractivity contribution in [1.29, 1.82) is 0 Å². The lowest BCUT2D eigenvalue weighted by molar-refractivity contribution is -0.133. The summed E-state index contributed by atoms with van der Waals surface area (Å²) in [5.74, 6) is 0.528. The Balaban J connectivity index is 1.94. The summed E-state index contributed by atoms with van der Waals surface area (Å²) in [7, 11) is 0. The number of carbonyl (C=O) groups is 1. The van der Waals surface area contributed by atoms with Crippen LogP contribution in [-0.4, -0.2) is 16.9 Å². The lowest BCUT2D eigenvalue weighted by Crippen LogP contribution is -2.57. The molecule has 1 aromatic heterocycles. The Morgan fingerprint density at radius 2 is 2.37 bits per heavy atom. The molecular weight excluding hydrogens is 276 g/mol. The van der Waals surface area contributed by atoms with Crippen LogP contribution in [0.3, 0.4) is 0 Å². The zero-order valence-corrected chi connectivity index (χ0v) is 12.9.